The van der Waals surface area contributed by atoms with Gasteiger partial charge in [0.2, 0.25) is 0 Å². The molecule has 0 fully saturated rings. The van der Waals surface area contributed by atoms with E-state index in [9.17, 15) is 17.6 Å². The third-order valence-electron chi connectivity index (χ3n) is 4.20. The van der Waals surface area contributed by atoms with E-state index in [4.69, 9.17) is 11.6 Å². The van der Waals surface area contributed by atoms with E-state index in [1.807, 2.05) is 0 Å². The smallest absolute Gasteiger partial charge is 0.260 e. The SMILES string of the molecule is Fc1ccc(Cn2nc(C=Cc3nnn[nH]3)c3ccc(C(F)(F)F)cc32)c(Cl)c1. The van der Waals surface area contributed by atoms with Crippen molar-refractivity contribution in [3.63, 3.8) is 0 Å². The molecule has 148 valence electrons. The zero-order chi connectivity index (χ0) is 20.6. The lowest BCUT2D eigenvalue weighted by Crippen LogP contribution is -2.06. The van der Waals surface area contributed by atoms with E-state index in [2.05, 4.69) is 25.7 Å². The number of nitrogens with zero attached hydrogens (tertiary/aromatic N) is 5. The van der Waals surface area contributed by atoms with Gasteiger partial charge in [0.15, 0.2) is 5.82 Å². The molecule has 0 atom stereocenters. The largest absolute Gasteiger partial charge is 0.416 e. The van der Waals surface area contributed by atoms with E-state index in [1.54, 1.807) is 12.2 Å². The molecule has 2 aromatic heterocycles. The van der Waals surface area contributed by atoms with Gasteiger partial charge in [-0.3, -0.25) is 4.68 Å². The number of alkyl halides is 3. The predicted molar refractivity (Wildman–Crippen MR) is 98.4 cm³/mol. The van der Waals surface area contributed by atoms with Crippen molar-refractivity contribution in [1.82, 2.24) is 30.4 Å². The molecule has 0 aliphatic carbocycles. The fourth-order valence-electron chi connectivity index (χ4n) is 2.83. The van der Waals surface area contributed by atoms with Gasteiger partial charge in [0.1, 0.15) is 5.82 Å². The number of halogens is 5. The monoisotopic (exact) mass is 422 g/mol. The Hall–Kier alpha value is -3.27. The molecule has 0 radical (unpaired) electrons. The van der Waals surface area contributed by atoms with Crippen LogP contribution in [0.25, 0.3) is 23.1 Å². The van der Waals surface area contributed by atoms with E-state index in [1.165, 1.54) is 22.9 Å². The second-order valence-electron chi connectivity index (χ2n) is 6.13. The summed E-state index contributed by atoms with van der Waals surface area (Å²) in [6.45, 7) is 0.0641. The standard InChI is InChI=1S/C18H11ClF4N6/c19-14-8-12(20)3-1-10(14)9-29-16-7-11(18(21,22)23)2-4-13(16)15(26-29)5-6-17-24-27-28-25-17/h1-8H,9H2,(H,24,25,27,28). The summed E-state index contributed by atoms with van der Waals surface area (Å²) < 4.78 is 54.3. The van der Waals surface area contributed by atoms with Gasteiger partial charge in [-0.05, 0) is 58.5 Å². The Kier molecular flexibility index (Phi) is 4.79. The highest BCUT2D eigenvalue weighted by Gasteiger charge is 2.31. The summed E-state index contributed by atoms with van der Waals surface area (Å²) in [5.74, 6) is -0.145. The average molecular weight is 423 g/mol. The van der Waals surface area contributed by atoms with Crippen molar-refractivity contribution in [3.8, 4) is 0 Å². The fraction of sp³-hybridized carbons (Fsp3) is 0.111. The normalized spacial score (nSPS) is 12.3. The molecule has 0 aliphatic heterocycles. The first kappa shape index (κ1) is 19.1. The Labute approximate surface area is 165 Å². The molecule has 4 aromatic rings. The van der Waals surface area contributed by atoms with Gasteiger partial charge in [0.25, 0.3) is 0 Å². The van der Waals surface area contributed by atoms with E-state index in [0.29, 0.717) is 22.5 Å². The third kappa shape index (κ3) is 3.97. The van der Waals surface area contributed by atoms with Gasteiger partial charge in [-0.25, -0.2) is 9.49 Å². The zero-order valence-corrected chi connectivity index (χ0v) is 15.2. The molecule has 0 saturated carbocycles. The Morgan fingerprint density at radius 1 is 1.10 bits per heavy atom. The number of benzene rings is 2. The van der Waals surface area contributed by atoms with Gasteiger partial charge in [0.05, 0.1) is 23.3 Å². The minimum atomic E-state index is -4.50. The van der Waals surface area contributed by atoms with Crippen molar-refractivity contribution in [2.75, 3.05) is 0 Å². The number of aromatic nitrogens is 6. The van der Waals surface area contributed by atoms with E-state index >= 15 is 0 Å². The van der Waals surface area contributed by atoms with E-state index in [0.717, 1.165) is 18.2 Å². The van der Waals surface area contributed by atoms with Crippen LogP contribution in [0.5, 0.6) is 0 Å². The predicted octanol–water partition coefficient (Wildman–Crippen LogP) is 4.58. The van der Waals surface area contributed by atoms with Crippen LogP contribution in [-0.2, 0) is 12.7 Å². The number of rotatable bonds is 4. The zero-order valence-electron chi connectivity index (χ0n) is 14.5. The molecule has 2 heterocycles. The number of tetrazole rings is 1. The van der Waals surface area contributed by atoms with Gasteiger partial charge in [-0.15, -0.1) is 5.10 Å². The maximum atomic E-state index is 13.3. The van der Waals surface area contributed by atoms with Crippen molar-refractivity contribution in [2.24, 2.45) is 0 Å². The van der Waals surface area contributed by atoms with Gasteiger partial charge in [-0.2, -0.15) is 18.3 Å². The van der Waals surface area contributed by atoms with Gasteiger partial charge in [0, 0.05) is 10.4 Å². The van der Waals surface area contributed by atoms with Crippen LogP contribution in [0, 0.1) is 5.82 Å². The second kappa shape index (κ2) is 7.28. The lowest BCUT2D eigenvalue weighted by Gasteiger charge is -2.09. The molecule has 2 aromatic carbocycles. The molecule has 0 saturated heterocycles. The van der Waals surface area contributed by atoms with Crippen LogP contribution in [0.4, 0.5) is 17.6 Å². The van der Waals surface area contributed by atoms with Crippen LogP contribution >= 0.6 is 11.6 Å². The summed E-state index contributed by atoms with van der Waals surface area (Å²) >= 11 is 6.07. The number of nitrogens with one attached hydrogen (secondary N) is 1. The minimum absolute atomic E-state index is 0.0641. The molecule has 4 rings (SSSR count). The van der Waals surface area contributed by atoms with Gasteiger partial charge < -0.3 is 0 Å². The maximum absolute atomic E-state index is 13.3. The quantitative estimate of drug-likeness (QED) is 0.489. The average Bonchev–Trinajstić information content (AvgIpc) is 3.29. The highest BCUT2D eigenvalue weighted by molar-refractivity contribution is 6.31. The molecule has 0 aliphatic rings. The van der Waals surface area contributed by atoms with Crippen molar-refractivity contribution < 1.29 is 17.6 Å². The summed E-state index contributed by atoms with van der Waals surface area (Å²) in [7, 11) is 0. The van der Waals surface area contributed by atoms with Crippen LogP contribution in [0.2, 0.25) is 5.02 Å². The Morgan fingerprint density at radius 3 is 2.62 bits per heavy atom. The van der Waals surface area contributed by atoms with Crippen molar-refractivity contribution in [3.05, 3.63) is 69.9 Å². The summed E-state index contributed by atoms with van der Waals surface area (Å²) in [6, 6.07) is 7.20. The number of hydrogen-bond acceptors (Lipinski definition) is 4. The Balaban J connectivity index is 1.82. The van der Waals surface area contributed by atoms with Gasteiger partial charge >= 0.3 is 6.18 Å². The topological polar surface area (TPSA) is 72.3 Å². The van der Waals surface area contributed by atoms with Crippen molar-refractivity contribution in [1.29, 1.82) is 0 Å². The van der Waals surface area contributed by atoms with Crippen molar-refractivity contribution in [2.45, 2.75) is 12.7 Å². The van der Waals surface area contributed by atoms with E-state index in [-0.39, 0.29) is 17.1 Å². The molecular formula is C18H11ClF4N6. The first-order valence-electron chi connectivity index (χ1n) is 8.25. The lowest BCUT2D eigenvalue weighted by atomic mass is 10.1. The number of H-pyrrole nitrogens is 1. The first-order chi connectivity index (χ1) is 13.8. The number of hydrogen-bond donors (Lipinski definition) is 1. The molecular weight excluding hydrogens is 412 g/mol. The molecule has 11 heteroatoms. The van der Waals surface area contributed by atoms with Crippen LogP contribution in [0.1, 0.15) is 22.6 Å². The highest BCUT2D eigenvalue weighted by Crippen LogP contribution is 2.33. The molecule has 6 nitrogen and oxygen atoms in total. The van der Waals surface area contributed by atoms with E-state index < -0.39 is 17.6 Å². The molecule has 0 unspecified atom stereocenters. The molecule has 0 amide bonds. The third-order valence-corrected chi connectivity index (χ3v) is 4.56. The van der Waals surface area contributed by atoms with Crippen LogP contribution in [0.15, 0.2) is 36.4 Å². The lowest BCUT2D eigenvalue weighted by molar-refractivity contribution is -0.137. The Bertz CT molecular complexity index is 1200. The van der Waals surface area contributed by atoms with Gasteiger partial charge in [-0.1, -0.05) is 17.7 Å². The number of fused-ring (bicyclic) bond motifs is 1. The summed E-state index contributed by atoms with van der Waals surface area (Å²) in [5, 5.41) is 18.2. The van der Waals surface area contributed by atoms with Crippen LogP contribution < -0.4 is 0 Å². The Morgan fingerprint density at radius 2 is 1.93 bits per heavy atom. The molecule has 0 spiro atoms. The highest BCUT2D eigenvalue weighted by atomic mass is 35.5. The van der Waals surface area contributed by atoms with Crippen LogP contribution in [0.3, 0.4) is 0 Å². The molecule has 0 bridgehead atoms. The summed E-state index contributed by atoms with van der Waals surface area (Å²) in [6.07, 6.45) is -1.37. The maximum Gasteiger partial charge on any atom is 0.416 e. The number of aromatic amines is 1. The first-order valence-corrected chi connectivity index (χ1v) is 8.62. The fourth-order valence-corrected chi connectivity index (χ4v) is 3.05. The second-order valence-corrected chi connectivity index (χ2v) is 6.54. The van der Waals surface area contributed by atoms with Crippen molar-refractivity contribution >= 4 is 34.7 Å². The summed E-state index contributed by atoms with van der Waals surface area (Å²) in [5.41, 5.74) is 0.398. The van der Waals surface area contributed by atoms with Crippen LogP contribution in [-0.4, -0.2) is 30.4 Å². The summed E-state index contributed by atoms with van der Waals surface area (Å²) in [4.78, 5) is 0. The molecule has 1 N–H and O–H groups in total. The molecule has 29 heavy (non-hydrogen) atoms. The minimum Gasteiger partial charge on any atom is -0.260 e.